The van der Waals surface area contributed by atoms with Gasteiger partial charge in [-0.3, -0.25) is 9.69 Å². The molecule has 0 saturated carbocycles. The van der Waals surface area contributed by atoms with E-state index in [1.165, 1.54) is 5.56 Å². The number of thiophene rings is 1. The van der Waals surface area contributed by atoms with Gasteiger partial charge in [-0.25, -0.2) is 4.79 Å². The molecule has 2 rings (SSSR count). The van der Waals surface area contributed by atoms with Crippen molar-refractivity contribution in [3.05, 3.63) is 52.2 Å². The highest BCUT2D eigenvalue weighted by molar-refractivity contribution is 7.07. The zero-order valence-corrected chi connectivity index (χ0v) is 14.1. The number of anilines is 1. The molecule has 1 aromatic carbocycles. The van der Waals surface area contributed by atoms with Gasteiger partial charge in [0.1, 0.15) is 0 Å². The van der Waals surface area contributed by atoms with Gasteiger partial charge in [0.15, 0.2) is 0 Å². The van der Waals surface area contributed by atoms with E-state index in [4.69, 9.17) is 4.74 Å². The molecule has 0 bridgehead atoms. The summed E-state index contributed by atoms with van der Waals surface area (Å²) in [7, 11) is 1.90. The molecule has 6 heteroatoms. The summed E-state index contributed by atoms with van der Waals surface area (Å²) in [5.74, 6) is -0.451. The Morgan fingerprint density at radius 3 is 2.57 bits per heavy atom. The number of esters is 1. The quantitative estimate of drug-likeness (QED) is 0.792. The second-order valence-electron chi connectivity index (χ2n) is 5.15. The third-order valence-corrected chi connectivity index (χ3v) is 3.86. The second-order valence-corrected chi connectivity index (χ2v) is 5.93. The smallest absolute Gasteiger partial charge is 0.338 e. The number of rotatable bonds is 7. The number of likely N-dealkylation sites (N-methyl/N-ethyl adjacent to an activating group) is 1. The average molecular weight is 332 g/mol. The van der Waals surface area contributed by atoms with Gasteiger partial charge in [-0.2, -0.15) is 11.3 Å². The van der Waals surface area contributed by atoms with Crippen LogP contribution in [0.4, 0.5) is 5.69 Å². The number of carbonyl (C=O) groups excluding carboxylic acids is 2. The van der Waals surface area contributed by atoms with E-state index in [0.717, 1.165) is 6.54 Å². The van der Waals surface area contributed by atoms with E-state index >= 15 is 0 Å². The summed E-state index contributed by atoms with van der Waals surface area (Å²) in [5.41, 5.74) is 2.33. The van der Waals surface area contributed by atoms with E-state index in [0.29, 0.717) is 24.4 Å². The summed E-state index contributed by atoms with van der Waals surface area (Å²) in [6.45, 7) is 3.14. The third-order valence-electron chi connectivity index (χ3n) is 3.13. The summed E-state index contributed by atoms with van der Waals surface area (Å²) < 4.78 is 4.92. The van der Waals surface area contributed by atoms with Crippen LogP contribution in [0.25, 0.3) is 0 Å². The van der Waals surface area contributed by atoms with Crippen LogP contribution in [0.1, 0.15) is 22.8 Å². The maximum absolute atomic E-state index is 12.0. The first kappa shape index (κ1) is 17.2. The molecule has 5 nitrogen and oxygen atoms in total. The molecule has 0 aliphatic rings. The van der Waals surface area contributed by atoms with E-state index in [2.05, 4.69) is 10.7 Å². The average Bonchev–Trinajstić information content (AvgIpc) is 3.00. The van der Waals surface area contributed by atoms with E-state index in [9.17, 15) is 9.59 Å². The summed E-state index contributed by atoms with van der Waals surface area (Å²) >= 11 is 1.65. The van der Waals surface area contributed by atoms with Crippen molar-refractivity contribution in [2.75, 3.05) is 25.5 Å². The van der Waals surface area contributed by atoms with Crippen molar-refractivity contribution in [2.45, 2.75) is 13.5 Å². The molecule has 0 aliphatic heterocycles. The van der Waals surface area contributed by atoms with Crippen molar-refractivity contribution in [2.24, 2.45) is 0 Å². The predicted octanol–water partition coefficient (Wildman–Crippen LogP) is 3.00. The number of nitrogens with one attached hydrogen (secondary N) is 1. The molecule has 0 saturated heterocycles. The summed E-state index contributed by atoms with van der Waals surface area (Å²) in [4.78, 5) is 25.5. The summed E-state index contributed by atoms with van der Waals surface area (Å²) in [5, 5.41) is 6.91. The van der Waals surface area contributed by atoms with Crippen molar-refractivity contribution in [1.82, 2.24) is 4.90 Å². The standard InChI is InChI=1S/C17H20N2O3S/c1-3-22-17(21)14-4-6-15(7-5-14)18-16(20)11-19(2)10-13-8-9-23-12-13/h4-9,12H,3,10-11H2,1-2H3,(H,18,20). The number of nitrogens with zero attached hydrogens (tertiary/aromatic N) is 1. The van der Waals surface area contributed by atoms with Crippen molar-refractivity contribution in [1.29, 1.82) is 0 Å². The maximum Gasteiger partial charge on any atom is 0.338 e. The van der Waals surface area contributed by atoms with Crippen molar-refractivity contribution < 1.29 is 14.3 Å². The Hall–Kier alpha value is -2.18. The van der Waals surface area contributed by atoms with Gasteiger partial charge in [-0.1, -0.05) is 0 Å². The molecule has 0 spiro atoms. The Balaban J connectivity index is 1.83. The SMILES string of the molecule is CCOC(=O)c1ccc(NC(=O)CN(C)Cc2ccsc2)cc1. The van der Waals surface area contributed by atoms with Crippen LogP contribution in [0.3, 0.4) is 0 Å². The highest BCUT2D eigenvalue weighted by Gasteiger charge is 2.09. The molecule has 1 aromatic heterocycles. The Bertz CT molecular complexity index is 638. The molecule has 1 amide bonds. The van der Waals surface area contributed by atoms with Crippen LogP contribution in [0, 0.1) is 0 Å². The molecule has 0 unspecified atom stereocenters. The van der Waals surface area contributed by atoms with Gasteiger partial charge in [0.2, 0.25) is 5.91 Å². The zero-order chi connectivity index (χ0) is 16.7. The van der Waals surface area contributed by atoms with Gasteiger partial charge < -0.3 is 10.1 Å². The Morgan fingerprint density at radius 2 is 1.96 bits per heavy atom. The first-order chi connectivity index (χ1) is 11.1. The third kappa shape index (κ3) is 5.50. The minimum absolute atomic E-state index is 0.0911. The number of hydrogen-bond acceptors (Lipinski definition) is 5. The highest BCUT2D eigenvalue weighted by atomic mass is 32.1. The fourth-order valence-corrected chi connectivity index (χ4v) is 2.76. The summed E-state index contributed by atoms with van der Waals surface area (Å²) in [6.07, 6.45) is 0. The van der Waals surface area contributed by atoms with E-state index in [-0.39, 0.29) is 11.9 Å². The lowest BCUT2D eigenvalue weighted by molar-refractivity contribution is -0.117. The molecule has 1 heterocycles. The van der Waals surface area contributed by atoms with Gasteiger partial charge in [0.25, 0.3) is 0 Å². The first-order valence-electron chi connectivity index (χ1n) is 7.35. The lowest BCUT2D eigenvalue weighted by Crippen LogP contribution is -2.29. The van der Waals surface area contributed by atoms with Crippen LogP contribution in [-0.2, 0) is 16.1 Å². The van der Waals surface area contributed by atoms with Gasteiger partial charge in [-0.05, 0) is 60.6 Å². The van der Waals surface area contributed by atoms with Crippen molar-refractivity contribution >= 4 is 28.9 Å². The number of ether oxygens (including phenoxy) is 1. The first-order valence-corrected chi connectivity index (χ1v) is 8.29. The monoisotopic (exact) mass is 332 g/mol. The Morgan fingerprint density at radius 1 is 1.22 bits per heavy atom. The van der Waals surface area contributed by atoms with Crippen LogP contribution in [0.2, 0.25) is 0 Å². The largest absolute Gasteiger partial charge is 0.462 e. The zero-order valence-electron chi connectivity index (χ0n) is 13.2. The molecule has 1 N–H and O–H groups in total. The van der Waals surface area contributed by atoms with Crippen LogP contribution >= 0.6 is 11.3 Å². The second kappa shape index (κ2) is 8.45. The Kier molecular flexibility index (Phi) is 6.31. The lowest BCUT2D eigenvalue weighted by Gasteiger charge is -2.15. The molecule has 122 valence electrons. The fraction of sp³-hybridized carbons (Fsp3) is 0.294. The molecular formula is C17H20N2O3S. The van der Waals surface area contributed by atoms with Gasteiger partial charge in [0, 0.05) is 12.2 Å². The van der Waals surface area contributed by atoms with Crippen LogP contribution in [0.15, 0.2) is 41.1 Å². The van der Waals surface area contributed by atoms with Crippen LogP contribution < -0.4 is 5.32 Å². The molecular weight excluding hydrogens is 312 g/mol. The van der Waals surface area contributed by atoms with Gasteiger partial charge in [-0.15, -0.1) is 0 Å². The van der Waals surface area contributed by atoms with Crippen LogP contribution in [-0.4, -0.2) is 37.0 Å². The predicted molar refractivity (Wildman–Crippen MR) is 91.7 cm³/mol. The molecule has 0 atom stereocenters. The summed E-state index contributed by atoms with van der Waals surface area (Å²) in [6, 6.07) is 8.73. The van der Waals surface area contributed by atoms with E-state index in [1.807, 2.05) is 23.4 Å². The maximum atomic E-state index is 12.0. The number of amides is 1. The minimum atomic E-state index is -0.360. The number of benzene rings is 1. The van der Waals surface area contributed by atoms with Gasteiger partial charge >= 0.3 is 5.97 Å². The van der Waals surface area contributed by atoms with Crippen LogP contribution in [0.5, 0.6) is 0 Å². The highest BCUT2D eigenvalue weighted by Crippen LogP contribution is 2.11. The fourth-order valence-electron chi connectivity index (χ4n) is 2.10. The molecule has 0 radical (unpaired) electrons. The molecule has 2 aromatic rings. The Labute approximate surface area is 139 Å². The molecule has 23 heavy (non-hydrogen) atoms. The minimum Gasteiger partial charge on any atom is -0.462 e. The lowest BCUT2D eigenvalue weighted by atomic mass is 10.2. The van der Waals surface area contributed by atoms with Crippen molar-refractivity contribution in [3.8, 4) is 0 Å². The van der Waals surface area contributed by atoms with E-state index in [1.54, 1.807) is 42.5 Å². The molecule has 0 aliphatic carbocycles. The topological polar surface area (TPSA) is 58.6 Å². The molecule has 0 fully saturated rings. The van der Waals surface area contributed by atoms with Crippen molar-refractivity contribution in [3.63, 3.8) is 0 Å². The normalized spacial score (nSPS) is 10.6. The van der Waals surface area contributed by atoms with E-state index < -0.39 is 0 Å². The number of carbonyl (C=O) groups is 2. The van der Waals surface area contributed by atoms with Gasteiger partial charge in [0.05, 0.1) is 18.7 Å². The number of hydrogen-bond donors (Lipinski definition) is 1.